The summed E-state index contributed by atoms with van der Waals surface area (Å²) in [6.07, 6.45) is 1.11. The highest BCUT2D eigenvalue weighted by Crippen LogP contribution is 2.31. The van der Waals surface area contributed by atoms with Gasteiger partial charge in [0, 0.05) is 5.56 Å². The third kappa shape index (κ3) is 3.85. The highest BCUT2D eigenvalue weighted by atomic mass is 16.6. The van der Waals surface area contributed by atoms with Crippen LogP contribution in [-0.4, -0.2) is 18.7 Å². The first kappa shape index (κ1) is 15.3. The SMILES string of the molecule is C=Cc1cccc(C(C)C)c1OC(C)C(=O)OCC. The summed E-state index contributed by atoms with van der Waals surface area (Å²) < 4.78 is 10.8. The predicted molar refractivity (Wildman–Crippen MR) is 77.3 cm³/mol. The third-order valence-electron chi connectivity index (χ3n) is 2.83. The maximum atomic E-state index is 11.7. The van der Waals surface area contributed by atoms with Gasteiger partial charge in [-0.25, -0.2) is 4.79 Å². The molecule has 3 heteroatoms. The molecule has 0 bridgehead atoms. The Morgan fingerprint density at radius 1 is 1.37 bits per heavy atom. The van der Waals surface area contributed by atoms with Gasteiger partial charge in [-0.15, -0.1) is 0 Å². The number of hydrogen-bond donors (Lipinski definition) is 0. The molecule has 1 aromatic carbocycles. The van der Waals surface area contributed by atoms with E-state index in [1.165, 1.54) is 0 Å². The van der Waals surface area contributed by atoms with Crippen molar-refractivity contribution in [3.05, 3.63) is 35.9 Å². The van der Waals surface area contributed by atoms with Crippen molar-refractivity contribution >= 4 is 12.0 Å². The lowest BCUT2D eigenvalue weighted by Crippen LogP contribution is -2.26. The van der Waals surface area contributed by atoms with E-state index in [0.717, 1.165) is 11.1 Å². The lowest BCUT2D eigenvalue weighted by molar-refractivity contribution is -0.150. The highest BCUT2D eigenvalue weighted by Gasteiger charge is 2.19. The van der Waals surface area contributed by atoms with Gasteiger partial charge in [0.25, 0.3) is 0 Å². The molecule has 0 heterocycles. The number of hydrogen-bond acceptors (Lipinski definition) is 3. The zero-order chi connectivity index (χ0) is 14.4. The lowest BCUT2D eigenvalue weighted by Gasteiger charge is -2.20. The molecule has 0 aliphatic rings. The smallest absolute Gasteiger partial charge is 0.347 e. The third-order valence-corrected chi connectivity index (χ3v) is 2.83. The number of esters is 1. The summed E-state index contributed by atoms with van der Waals surface area (Å²) in [5, 5.41) is 0. The van der Waals surface area contributed by atoms with Crippen LogP contribution in [0.1, 0.15) is 44.7 Å². The summed E-state index contributed by atoms with van der Waals surface area (Å²) in [6, 6.07) is 5.89. The molecule has 0 fully saturated rings. The maximum absolute atomic E-state index is 11.7. The van der Waals surface area contributed by atoms with Crippen LogP contribution in [0.4, 0.5) is 0 Å². The Kier molecular flexibility index (Phi) is 5.61. The number of ether oxygens (including phenoxy) is 2. The van der Waals surface area contributed by atoms with Crippen LogP contribution < -0.4 is 4.74 Å². The van der Waals surface area contributed by atoms with Crippen LogP contribution in [-0.2, 0) is 9.53 Å². The Morgan fingerprint density at radius 3 is 2.58 bits per heavy atom. The van der Waals surface area contributed by atoms with Gasteiger partial charge in [-0.1, -0.05) is 44.7 Å². The van der Waals surface area contributed by atoms with Crippen molar-refractivity contribution in [2.24, 2.45) is 0 Å². The molecule has 0 spiro atoms. The zero-order valence-electron chi connectivity index (χ0n) is 12.1. The van der Waals surface area contributed by atoms with Crippen LogP contribution in [0.15, 0.2) is 24.8 Å². The Labute approximate surface area is 115 Å². The summed E-state index contributed by atoms with van der Waals surface area (Å²) in [5.74, 6) is 0.674. The van der Waals surface area contributed by atoms with Crippen LogP contribution >= 0.6 is 0 Å². The standard InChI is InChI=1S/C16H22O3/c1-6-13-9-8-10-14(11(3)4)15(13)19-12(5)16(17)18-7-2/h6,8-12H,1,7H2,2-5H3. The van der Waals surface area contributed by atoms with Gasteiger partial charge in [0.05, 0.1) is 6.61 Å². The van der Waals surface area contributed by atoms with Crippen molar-refractivity contribution < 1.29 is 14.3 Å². The van der Waals surface area contributed by atoms with Crippen molar-refractivity contribution in [1.82, 2.24) is 0 Å². The van der Waals surface area contributed by atoms with Gasteiger partial charge in [0.15, 0.2) is 6.10 Å². The lowest BCUT2D eigenvalue weighted by atomic mass is 9.99. The van der Waals surface area contributed by atoms with Gasteiger partial charge in [-0.05, 0) is 25.3 Å². The molecule has 1 atom stereocenters. The molecule has 1 rings (SSSR count). The summed E-state index contributed by atoms with van der Waals surface area (Å²) in [4.78, 5) is 11.7. The molecule has 1 aromatic rings. The fraction of sp³-hybridized carbons (Fsp3) is 0.438. The number of benzene rings is 1. The molecule has 0 saturated heterocycles. The van der Waals surface area contributed by atoms with E-state index in [0.29, 0.717) is 18.3 Å². The molecule has 0 aromatic heterocycles. The molecular weight excluding hydrogens is 240 g/mol. The molecule has 1 unspecified atom stereocenters. The topological polar surface area (TPSA) is 35.5 Å². The van der Waals surface area contributed by atoms with Crippen LogP contribution in [0, 0.1) is 0 Å². The summed E-state index contributed by atoms with van der Waals surface area (Å²) in [5.41, 5.74) is 1.95. The Balaban J connectivity index is 3.04. The minimum atomic E-state index is -0.626. The number of carbonyl (C=O) groups excluding carboxylic acids is 1. The van der Waals surface area contributed by atoms with Gasteiger partial charge >= 0.3 is 5.97 Å². The molecule has 0 N–H and O–H groups in total. The van der Waals surface area contributed by atoms with Crippen molar-refractivity contribution in [2.45, 2.75) is 39.7 Å². The molecule has 0 saturated carbocycles. The molecule has 104 valence electrons. The van der Waals surface area contributed by atoms with E-state index >= 15 is 0 Å². The normalized spacial score (nSPS) is 12.1. The second-order valence-corrected chi connectivity index (χ2v) is 4.64. The van der Waals surface area contributed by atoms with E-state index in [9.17, 15) is 4.79 Å². The minimum absolute atomic E-state index is 0.310. The monoisotopic (exact) mass is 262 g/mol. The van der Waals surface area contributed by atoms with Crippen molar-refractivity contribution in [3.63, 3.8) is 0 Å². The van der Waals surface area contributed by atoms with E-state index < -0.39 is 6.10 Å². The first-order chi connectivity index (χ1) is 9.01. The highest BCUT2D eigenvalue weighted by molar-refractivity contribution is 5.75. The van der Waals surface area contributed by atoms with Gasteiger partial charge in [-0.3, -0.25) is 0 Å². The summed E-state index contributed by atoms with van der Waals surface area (Å²) in [6.45, 7) is 11.8. The molecule has 0 amide bonds. The summed E-state index contributed by atoms with van der Waals surface area (Å²) in [7, 11) is 0. The molecule has 3 nitrogen and oxygen atoms in total. The zero-order valence-corrected chi connectivity index (χ0v) is 12.1. The second kappa shape index (κ2) is 6.98. The van der Waals surface area contributed by atoms with E-state index in [4.69, 9.17) is 9.47 Å². The Morgan fingerprint density at radius 2 is 2.05 bits per heavy atom. The predicted octanol–water partition coefficient (Wildman–Crippen LogP) is 3.78. The second-order valence-electron chi connectivity index (χ2n) is 4.64. The van der Waals surface area contributed by atoms with Crippen LogP contribution in [0.3, 0.4) is 0 Å². The molecule has 0 radical (unpaired) electrons. The van der Waals surface area contributed by atoms with E-state index in [2.05, 4.69) is 20.4 Å². The average Bonchev–Trinajstić information content (AvgIpc) is 2.38. The van der Waals surface area contributed by atoms with E-state index in [1.807, 2.05) is 18.2 Å². The van der Waals surface area contributed by atoms with Gasteiger partial charge in [-0.2, -0.15) is 0 Å². The Bertz CT molecular complexity index is 449. The van der Waals surface area contributed by atoms with Gasteiger partial charge in [0.1, 0.15) is 5.75 Å². The number of para-hydroxylation sites is 1. The maximum Gasteiger partial charge on any atom is 0.347 e. The number of carbonyl (C=O) groups is 1. The van der Waals surface area contributed by atoms with Crippen molar-refractivity contribution in [2.75, 3.05) is 6.61 Å². The van der Waals surface area contributed by atoms with Crippen molar-refractivity contribution in [3.8, 4) is 5.75 Å². The van der Waals surface area contributed by atoms with Crippen LogP contribution in [0.25, 0.3) is 6.08 Å². The molecule has 0 aliphatic carbocycles. The number of rotatable bonds is 6. The van der Waals surface area contributed by atoms with Crippen molar-refractivity contribution in [1.29, 1.82) is 0 Å². The first-order valence-corrected chi connectivity index (χ1v) is 6.59. The quantitative estimate of drug-likeness (QED) is 0.732. The minimum Gasteiger partial charge on any atom is -0.478 e. The summed E-state index contributed by atoms with van der Waals surface area (Å²) >= 11 is 0. The first-order valence-electron chi connectivity index (χ1n) is 6.59. The van der Waals surface area contributed by atoms with Crippen LogP contribution in [0.5, 0.6) is 5.75 Å². The van der Waals surface area contributed by atoms with E-state index in [-0.39, 0.29) is 5.97 Å². The molecule has 0 aliphatic heterocycles. The fourth-order valence-electron chi connectivity index (χ4n) is 1.81. The fourth-order valence-corrected chi connectivity index (χ4v) is 1.81. The Hall–Kier alpha value is -1.77. The molecule has 19 heavy (non-hydrogen) atoms. The molecular formula is C16H22O3. The van der Waals surface area contributed by atoms with Crippen LogP contribution in [0.2, 0.25) is 0 Å². The van der Waals surface area contributed by atoms with E-state index in [1.54, 1.807) is 19.9 Å². The average molecular weight is 262 g/mol. The van der Waals surface area contributed by atoms with Gasteiger partial charge < -0.3 is 9.47 Å². The van der Waals surface area contributed by atoms with Gasteiger partial charge in [0.2, 0.25) is 0 Å². The largest absolute Gasteiger partial charge is 0.478 e.